The third kappa shape index (κ3) is 7.16. The van der Waals surface area contributed by atoms with Gasteiger partial charge in [-0.1, -0.05) is 79.2 Å². The maximum absolute atomic E-state index is 14.3. The summed E-state index contributed by atoms with van der Waals surface area (Å²) in [6.45, 7) is 4.13. The number of carbonyl (C=O) groups is 2. The van der Waals surface area contributed by atoms with Crippen molar-refractivity contribution in [1.82, 2.24) is 10.2 Å². The highest BCUT2D eigenvalue weighted by Crippen LogP contribution is 2.19. The van der Waals surface area contributed by atoms with Crippen LogP contribution in [0.1, 0.15) is 37.0 Å². The lowest BCUT2D eigenvalue weighted by atomic mass is 10.0. The number of halogens is 2. The van der Waals surface area contributed by atoms with Crippen LogP contribution in [-0.2, 0) is 29.0 Å². The highest BCUT2D eigenvalue weighted by molar-refractivity contribution is 6.30. The van der Waals surface area contributed by atoms with Gasteiger partial charge in [0.15, 0.2) is 0 Å². The van der Waals surface area contributed by atoms with Crippen molar-refractivity contribution in [3.63, 3.8) is 0 Å². The van der Waals surface area contributed by atoms with Gasteiger partial charge in [-0.3, -0.25) is 9.59 Å². The first-order valence-electron chi connectivity index (χ1n) is 11.5. The van der Waals surface area contributed by atoms with E-state index in [-0.39, 0.29) is 30.8 Å². The SMILES string of the molecule is CC[C@H](C)NC(=O)[C@@H](Cc1ccccc1)N(Cc1ccc(Cl)cc1)C(=O)Cc1ccccc1F. The van der Waals surface area contributed by atoms with Crippen molar-refractivity contribution in [3.8, 4) is 0 Å². The summed E-state index contributed by atoms with van der Waals surface area (Å²) in [6, 6.07) is 22.2. The minimum absolute atomic E-state index is 0.0372. The molecule has 0 unspecified atom stereocenters. The Morgan fingerprint density at radius 3 is 2.24 bits per heavy atom. The molecule has 0 aliphatic heterocycles. The molecule has 0 saturated heterocycles. The molecule has 0 radical (unpaired) electrons. The van der Waals surface area contributed by atoms with E-state index >= 15 is 0 Å². The lowest BCUT2D eigenvalue weighted by Gasteiger charge is -2.32. The van der Waals surface area contributed by atoms with E-state index in [9.17, 15) is 14.0 Å². The Bertz CT molecular complexity index is 1090. The van der Waals surface area contributed by atoms with Gasteiger partial charge in [-0.25, -0.2) is 4.39 Å². The molecule has 0 aliphatic rings. The van der Waals surface area contributed by atoms with Crippen molar-refractivity contribution in [2.45, 2.75) is 51.7 Å². The fourth-order valence-electron chi connectivity index (χ4n) is 3.69. The Balaban J connectivity index is 1.97. The summed E-state index contributed by atoms with van der Waals surface area (Å²) in [5.74, 6) is -0.986. The van der Waals surface area contributed by atoms with Gasteiger partial charge in [0.05, 0.1) is 6.42 Å². The Morgan fingerprint density at radius 1 is 0.941 bits per heavy atom. The first-order chi connectivity index (χ1) is 16.4. The van der Waals surface area contributed by atoms with Crippen LogP contribution in [0.25, 0.3) is 0 Å². The molecule has 1 N–H and O–H groups in total. The van der Waals surface area contributed by atoms with E-state index < -0.39 is 11.9 Å². The molecule has 178 valence electrons. The van der Waals surface area contributed by atoms with Gasteiger partial charge in [-0.15, -0.1) is 0 Å². The minimum atomic E-state index is -0.758. The molecule has 3 rings (SSSR count). The Kier molecular flexibility index (Phi) is 9.23. The molecule has 0 fully saturated rings. The van der Waals surface area contributed by atoms with Gasteiger partial charge in [0.2, 0.25) is 11.8 Å². The van der Waals surface area contributed by atoms with Gasteiger partial charge in [-0.2, -0.15) is 0 Å². The quantitative estimate of drug-likeness (QED) is 0.412. The lowest BCUT2D eigenvalue weighted by molar-refractivity contribution is -0.141. The van der Waals surface area contributed by atoms with Crippen molar-refractivity contribution in [2.24, 2.45) is 0 Å². The first-order valence-corrected chi connectivity index (χ1v) is 11.9. The minimum Gasteiger partial charge on any atom is -0.352 e. The summed E-state index contributed by atoms with van der Waals surface area (Å²) in [6.07, 6.45) is 0.978. The molecular formula is C28H30ClFN2O2. The van der Waals surface area contributed by atoms with Crippen LogP contribution in [0.2, 0.25) is 5.02 Å². The third-order valence-electron chi connectivity index (χ3n) is 5.84. The van der Waals surface area contributed by atoms with Crippen LogP contribution in [0.15, 0.2) is 78.9 Å². The van der Waals surface area contributed by atoms with Crippen LogP contribution in [0.5, 0.6) is 0 Å². The third-order valence-corrected chi connectivity index (χ3v) is 6.09. The van der Waals surface area contributed by atoms with Crippen LogP contribution in [0, 0.1) is 5.82 Å². The number of benzene rings is 3. The molecular weight excluding hydrogens is 451 g/mol. The number of hydrogen-bond donors (Lipinski definition) is 1. The van der Waals surface area contributed by atoms with E-state index in [0.717, 1.165) is 17.5 Å². The van der Waals surface area contributed by atoms with E-state index in [0.29, 0.717) is 17.0 Å². The average molecular weight is 481 g/mol. The predicted molar refractivity (Wildman–Crippen MR) is 134 cm³/mol. The number of carbonyl (C=O) groups excluding carboxylic acids is 2. The molecule has 4 nitrogen and oxygen atoms in total. The Labute approximate surface area is 205 Å². The van der Waals surface area contributed by atoms with Crippen LogP contribution < -0.4 is 5.32 Å². The maximum Gasteiger partial charge on any atom is 0.243 e. The highest BCUT2D eigenvalue weighted by Gasteiger charge is 2.31. The summed E-state index contributed by atoms with van der Waals surface area (Å²) in [7, 11) is 0. The summed E-state index contributed by atoms with van der Waals surface area (Å²) in [5, 5.41) is 3.61. The van der Waals surface area contributed by atoms with E-state index in [4.69, 9.17) is 11.6 Å². The molecule has 0 bridgehead atoms. The standard InChI is InChI=1S/C28H30ClFN2O2/c1-3-20(2)31-28(34)26(17-21-9-5-4-6-10-21)32(19-22-13-15-24(29)16-14-22)27(33)18-23-11-7-8-12-25(23)30/h4-16,20,26H,3,17-19H2,1-2H3,(H,31,34)/t20-,26+/m0/s1. The van der Waals surface area contributed by atoms with Crippen LogP contribution >= 0.6 is 11.6 Å². The number of nitrogens with one attached hydrogen (secondary N) is 1. The van der Waals surface area contributed by atoms with Gasteiger partial charge in [-0.05, 0) is 48.2 Å². The van der Waals surface area contributed by atoms with Crippen molar-refractivity contribution in [2.75, 3.05) is 0 Å². The molecule has 2 atom stereocenters. The van der Waals surface area contributed by atoms with Crippen molar-refractivity contribution in [1.29, 1.82) is 0 Å². The van der Waals surface area contributed by atoms with E-state index in [1.54, 1.807) is 35.2 Å². The van der Waals surface area contributed by atoms with Crippen molar-refractivity contribution < 1.29 is 14.0 Å². The zero-order chi connectivity index (χ0) is 24.5. The molecule has 0 saturated carbocycles. The predicted octanol–water partition coefficient (Wildman–Crippen LogP) is 5.58. The molecule has 0 aliphatic carbocycles. The van der Waals surface area contributed by atoms with Crippen LogP contribution in [-0.4, -0.2) is 28.8 Å². The summed E-state index contributed by atoms with van der Waals surface area (Å²) in [5.41, 5.74) is 2.07. The molecule has 0 spiro atoms. The molecule has 3 aromatic rings. The summed E-state index contributed by atoms with van der Waals surface area (Å²) >= 11 is 6.04. The topological polar surface area (TPSA) is 49.4 Å². The highest BCUT2D eigenvalue weighted by atomic mass is 35.5. The smallest absolute Gasteiger partial charge is 0.243 e. The van der Waals surface area contributed by atoms with Crippen molar-refractivity contribution >= 4 is 23.4 Å². The van der Waals surface area contributed by atoms with Gasteiger partial charge in [0.25, 0.3) is 0 Å². The summed E-state index contributed by atoms with van der Waals surface area (Å²) in [4.78, 5) is 28.6. The van der Waals surface area contributed by atoms with Gasteiger partial charge in [0.1, 0.15) is 11.9 Å². The number of nitrogens with zero attached hydrogens (tertiary/aromatic N) is 1. The number of rotatable bonds is 10. The fraction of sp³-hybridized carbons (Fsp3) is 0.286. The lowest BCUT2D eigenvalue weighted by Crippen LogP contribution is -2.52. The molecule has 34 heavy (non-hydrogen) atoms. The van der Waals surface area contributed by atoms with Gasteiger partial charge >= 0.3 is 0 Å². The zero-order valence-corrected chi connectivity index (χ0v) is 20.3. The zero-order valence-electron chi connectivity index (χ0n) is 19.5. The first kappa shape index (κ1) is 25.4. The average Bonchev–Trinajstić information content (AvgIpc) is 2.84. The van der Waals surface area contributed by atoms with Crippen molar-refractivity contribution in [3.05, 3.63) is 106 Å². The van der Waals surface area contributed by atoms with Crippen LogP contribution in [0.3, 0.4) is 0 Å². The second-order valence-corrected chi connectivity index (χ2v) is 8.88. The largest absolute Gasteiger partial charge is 0.352 e. The van der Waals surface area contributed by atoms with E-state index in [1.165, 1.54) is 6.07 Å². The number of amides is 2. The normalized spacial score (nSPS) is 12.6. The Hall–Kier alpha value is -3.18. The fourth-order valence-corrected chi connectivity index (χ4v) is 3.81. The number of hydrogen-bond acceptors (Lipinski definition) is 2. The molecule has 2 amide bonds. The second-order valence-electron chi connectivity index (χ2n) is 8.44. The van der Waals surface area contributed by atoms with Crippen LogP contribution in [0.4, 0.5) is 4.39 Å². The second kappa shape index (κ2) is 12.3. The van der Waals surface area contributed by atoms with E-state index in [2.05, 4.69) is 5.32 Å². The molecule has 0 aromatic heterocycles. The Morgan fingerprint density at radius 2 is 1.59 bits per heavy atom. The molecule has 3 aromatic carbocycles. The molecule has 0 heterocycles. The van der Waals surface area contributed by atoms with Gasteiger partial charge in [0, 0.05) is 24.0 Å². The summed E-state index contributed by atoms with van der Waals surface area (Å²) < 4.78 is 14.3. The van der Waals surface area contributed by atoms with Gasteiger partial charge < -0.3 is 10.2 Å². The van der Waals surface area contributed by atoms with E-state index in [1.807, 2.05) is 56.3 Å². The molecule has 6 heteroatoms. The maximum atomic E-state index is 14.3. The monoisotopic (exact) mass is 480 g/mol.